The third kappa shape index (κ3) is 1.88. The molecule has 1 aromatic rings. The topological polar surface area (TPSA) is 64.9 Å². The van der Waals surface area contributed by atoms with Crippen molar-refractivity contribution >= 4 is 0 Å². The molecule has 94 valence electrons. The van der Waals surface area contributed by atoms with Crippen molar-refractivity contribution in [2.75, 3.05) is 0 Å². The van der Waals surface area contributed by atoms with Gasteiger partial charge in [-0.15, -0.1) is 0 Å². The molecule has 1 aromatic heterocycles. The Labute approximate surface area is 102 Å². The number of rotatable bonds is 2. The van der Waals surface area contributed by atoms with Gasteiger partial charge in [-0.3, -0.25) is 0 Å². The molecule has 0 aromatic carbocycles. The molecule has 2 aliphatic carbocycles. The lowest BCUT2D eigenvalue weighted by molar-refractivity contribution is 0.149. The Hall–Kier alpha value is -0.900. The molecule has 0 spiro atoms. The van der Waals surface area contributed by atoms with E-state index in [0.717, 1.165) is 24.6 Å². The van der Waals surface area contributed by atoms with Crippen LogP contribution in [0.15, 0.2) is 4.52 Å². The zero-order valence-corrected chi connectivity index (χ0v) is 10.6. The van der Waals surface area contributed by atoms with Gasteiger partial charge in [-0.2, -0.15) is 4.98 Å². The van der Waals surface area contributed by atoms with E-state index in [-0.39, 0.29) is 5.54 Å². The largest absolute Gasteiger partial charge is 0.339 e. The fourth-order valence-corrected chi connectivity index (χ4v) is 2.90. The molecule has 4 heteroatoms. The van der Waals surface area contributed by atoms with Crippen molar-refractivity contribution in [3.8, 4) is 0 Å². The van der Waals surface area contributed by atoms with E-state index in [4.69, 9.17) is 10.3 Å². The minimum Gasteiger partial charge on any atom is -0.339 e. The summed E-state index contributed by atoms with van der Waals surface area (Å²) in [5.74, 6) is 3.13. The first-order valence-corrected chi connectivity index (χ1v) is 6.72. The predicted octanol–water partition coefficient (Wildman–Crippen LogP) is 2.56. The van der Waals surface area contributed by atoms with Crippen LogP contribution in [0.2, 0.25) is 0 Å². The highest BCUT2D eigenvalue weighted by Crippen LogP contribution is 2.43. The molecule has 0 saturated heterocycles. The van der Waals surface area contributed by atoms with Gasteiger partial charge in [0, 0.05) is 5.92 Å². The molecule has 3 atom stereocenters. The van der Waals surface area contributed by atoms with Gasteiger partial charge in [-0.05, 0) is 37.5 Å². The fourth-order valence-electron chi connectivity index (χ4n) is 2.90. The summed E-state index contributed by atoms with van der Waals surface area (Å²) in [6.45, 7) is 4.47. The zero-order valence-electron chi connectivity index (χ0n) is 10.6. The quantitative estimate of drug-likeness (QED) is 0.855. The van der Waals surface area contributed by atoms with Crippen LogP contribution in [0.3, 0.4) is 0 Å². The molecule has 0 amide bonds. The van der Waals surface area contributed by atoms with E-state index in [2.05, 4.69) is 24.0 Å². The Morgan fingerprint density at radius 1 is 1.24 bits per heavy atom. The lowest BCUT2D eigenvalue weighted by Crippen LogP contribution is -2.48. The molecule has 3 unspecified atom stereocenters. The molecule has 1 heterocycles. The van der Waals surface area contributed by atoms with Gasteiger partial charge in [0.2, 0.25) is 5.89 Å². The molecule has 0 aliphatic heterocycles. The van der Waals surface area contributed by atoms with Gasteiger partial charge in [0.15, 0.2) is 5.82 Å². The van der Waals surface area contributed by atoms with Gasteiger partial charge in [-0.1, -0.05) is 25.4 Å². The molecular weight excluding hydrogens is 214 g/mol. The van der Waals surface area contributed by atoms with Gasteiger partial charge in [0.1, 0.15) is 0 Å². The Kier molecular flexibility index (Phi) is 2.51. The van der Waals surface area contributed by atoms with E-state index in [0.29, 0.717) is 17.8 Å². The van der Waals surface area contributed by atoms with E-state index in [9.17, 15) is 0 Å². The minimum absolute atomic E-state index is 0.381. The zero-order chi connectivity index (χ0) is 12.0. The third-order valence-electron chi connectivity index (χ3n) is 4.44. The summed E-state index contributed by atoms with van der Waals surface area (Å²) in [5, 5.41) is 4.15. The normalized spacial score (nSPS) is 38.3. The summed E-state index contributed by atoms with van der Waals surface area (Å²) >= 11 is 0. The highest BCUT2D eigenvalue weighted by molar-refractivity contribution is 5.11. The van der Waals surface area contributed by atoms with Crippen molar-refractivity contribution in [1.29, 1.82) is 0 Å². The van der Waals surface area contributed by atoms with Gasteiger partial charge in [-0.25, -0.2) is 0 Å². The molecule has 0 bridgehead atoms. The number of aromatic nitrogens is 2. The van der Waals surface area contributed by atoms with Crippen LogP contribution >= 0.6 is 0 Å². The van der Waals surface area contributed by atoms with E-state index in [1.165, 1.54) is 19.3 Å². The van der Waals surface area contributed by atoms with Gasteiger partial charge in [0.05, 0.1) is 5.54 Å². The van der Waals surface area contributed by atoms with E-state index < -0.39 is 0 Å². The smallest absolute Gasteiger partial charge is 0.229 e. The van der Waals surface area contributed by atoms with E-state index in [1.807, 2.05) is 0 Å². The van der Waals surface area contributed by atoms with Crippen molar-refractivity contribution in [3.05, 3.63) is 11.7 Å². The second kappa shape index (κ2) is 3.80. The molecular formula is C13H21N3O. The molecule has 2 aliphatic rings. The van der Waals surface area contributed by atoms with Crippen LogP contribution in [-0.4, -0.2) is 10.1 Å². The molecule has 0 radical (unpaired) electrons. The SMILES string of the molecule is CC1CCC(C)C(N)(c2noc(C3CC3)n2)C1. The summed E-state index contributed by atoms with van der Waals surface area (Å²) in [6, 6.07) is 0. The maximum Gasteiger partial charge on any atom is 0.229 e. The minimum atomic E-state index is -0.381. The molecule has 3 rings (SSSR count). The summed E-state index contributed by atoms with van der Waals surface area (Å²) in [4.78, 5) is 4.55. The highest BCUT2D eigenvalue weighted by Gasteiger charge is 2.43. The van der Waals surface area contributed by atoms with Crippen molar-refractivity contribution in [2.24, 2.45) is 17.6 Å². The summed E-state index contributed by atoms with van der Waals surface area (Å²) in [6.07, 6.45) is 5.76. The van der Waals surface area contributed by atoms with Gasteiger partial charge in [0.25, 0.3) is 0 Å². The van der Waals surface area contributed by atoms with Gasteiger partial charge < -0.3 is 10.3 Å². The van der Waals surface area contributed by atoms with E-state index >= 15 is 0 Å². The first-order chi connectivity index (χ1) is 8.09. The van der Waals surface area contributed by atoms with E-state index in [1.54, 1.807) is 0 Å². The Morgan fingerprint density at radius 3 is 2.71 bits per heavy atom. The standard InChI is InChI=1S/C13H21N3O/c1-8-3-4-9(2)13(14,7-8)12-15-11(17-16-12)10-5-6-10/h8-10H,3-7,14H2,1-2H3. The molecule has 4 nitrogen and oxygen atoms in total. The number of hydrogen-bond donors (Lipinski definition) is 1. The fraction of sp³-hybridized carbons (Fsp3) is 0.846. The summed E-state index contributed by atoms with van der Waals surface area (Å²) in [7, 11) is 0. The van der Waals surface area contributed by atoms with Crippen LogP contribution in [0.25, 0.3) is 0 Å². The average Bonchev–Trinajstić information content (AvgIpc) is 3.02. The maximum atomic E-state index is 6.56. The molecule has 17 heavy (non-hydrogen) atoms. The molecule has 2 saturated carbocycles. The van der Waals surface area contributed by atoms with Crippen LogP contribution in [-0.2, 0) is 5.54 Å². The number of hydrogen-bond acceptors (Lipinski definition) is 4. The van der Waals surface area contributed by atoms with Crippen molar-refractivity contribution < 1.29 is 4.52 Å². The third-order valence-corrected chi connectivity index (χ3v) is 4.44. The van der Waals surface area contributed by atoms with Crippen molar-refractivity contribution in [2.45, 2.75) is 57.4 Å². The first-order valence-electron chi connectivity index (χ1n) is 6.72. The second-order valence-corrected chi connectivity index (χ2v) is 6.06. The van der Waals surface area contributed by atoms with Crippen LogP contribution in [0.1, 0.15) is 63.6 Å². The van der Waals surface area contributed by atoms with Crippen LogP contribution in [0, 0.1) is 11.8 Å². The van der Waals surface area contributed by atoms with Crippen molar-refractivity contribution in [1.82, 2.24) is 10.1 Å². The maximum absolute atomic E-state index is 6.56. The molecule has 2 fully saturated rings. The summed E-state index contributed by atoms with van der Waals surface area (Å²) < 4.78 is 5.35. The highest BCUT2D eigenvalue weighted by atomic mass is 16.5. The van der Waals surface area contributed by atoms with Crippen LogP contribution in [0.4, 0.5) is 0 Å². The lowest BCUT2D eigenvalue weighted by atomic mass is 9.70. The first kappa shape index (κ1) is 11.2. The lowest BCUT2D eigenvalue weighted by Gasteiger charge is -2.39. The Bertz CT molecular complexity index is 413. The van der Waals surface area contributed by atoms with Crippen molar-refractivity contribution in [3.63, 3.8) is 0 Å². The average molecular weight is 235 g/mol. The summed E-state index contributed by atoms with van der Waals surface area (Å²) in [5.41, 5.74) is 6.18. The van der Waals surface area contributed by atoms with Gasteiger partial charge >= 0.3 is 0 Å². The molecule has 2 N–H and O–H groups in total. The second-order valence-electron chi connectivity index (χ2n) is 6.06. The number of nitrogens with two attached hydrogens (primary N) is 1. The Balaban J connectivity index is 1.88. The predicted molar refractivity (Wildman–Crippen MR) is 64.3 cm³/mol. The monoisotopic (exact) mass is 235 g/mol. The van der Waals surface area contributed by atoms with Crippen LogP contribution < -0.4 is 5.73 Å². The van der Waals surface area contributed by atoms with Crippen LogP contribution in [0.5, 0.6) is 0 Å². The Morgan fingerprint density at radius 2 is 2.00 bits per heavy atom. The number of nitrogens with zero attached hydrogens (tertiary/aromatic N) is 2.